The van der Waals surface area contributed by atoms with Crippen molar-refractivity contribution in [2.45, 2.75) is 58.4 Å². The van der Waals surface area contributed by atoms with Gasteiger partial charge in [-0.2, -0.15) is 5.10 Å². The summed E-state index contributed by atoms with van der Waals surface area (Å²) in [6.45, 7) is 5.57. The van der Waals surface area contributed by atoms with E-state index >= 15 is 0 Å². The Morgan fingerprint density at radius 1 is 1.03 bits per heavy atom. The number of aromatic amines is 1. The second-order valence-corrected chi connectivity index (χ2v) is 8.95. The fourth-order valence-electron chi connectivity index (χ4n) is 4.67. The smallest absolute Gasteiger partial charge is 0.273 e. The van der Waals surface area contributed by atoms with Crippen molar-refractivity contribution in [3.8, 4) is 28.5 Å². The number of amides is 1. The highest BCUT2D eigenvalue weighted by molar-refractivity contribution is 6.00. The fraction of sp³-hybridized carbons (Fsp3) is 0.429. The lowest BCUT2D eigenvalue weighted by Crippen LogP contribution is -2.30. The van der Waals surface area contributed by atoms with Gasteiger partial charge in [0.1, 0.15) is 17.1 Å². The van der Waals surface area contributed by atoms with Crippen LogP contribution in [0.4, 0.5) is 0 Å². The predicted molar refractivity (Wildman–Crippen MR) is 136 cm³/mol. The van der Waals surface area contributed by atoms with Crippen LogP contribution in [0.1, 0.15) is 80.0 Å². The van der Waals surface area contributed by atoms with Crippen LogP contribution < -0.4 is 9.47 Å². The monoisotopic (exact) mass is 477 g/mol. The van der Waals surface area contributed by atoms with Crippen molar-refractivity contribution in [2.75, 3.05) is 20.3 Å². The molecular weight excluding hydrogens is 442 g/mol. The standard InChI is InChI=1S/C28H35N3O4/c1-4-6-8-11-17-35-22-15-14-19(18-23(22)34-3)27-24-25(20-12-9-10-13-21(20)32)29-30-26(24)28(33)31(27)16-7-5-2/h9-10,12-15,18,27,32H,4-8,11,16-17H2,1-3H3,(H,29,30). The van der Waals surface area contributed by atoms with Crippen LogP contribution in [0.5, 0.6) is 17.2 Å². The molecule has 7 nitrogen and oxygen atoms in total. The number of aromatic nitrogens is 2. The average molecular weight is 478 g/mol. The van der Waals surface area contributed by atoms with Crippen molar-refractivity contribution in [3.05, 3.63) is 59.3 Å². The van der Waals surface area contributed by atoms with E-state index in [1.807, 2.05) is 35.2 Å². The van der Waals surface area contributed by atoms with Gasteiger partial charge in [0.05, 0.1) is 19.8 Å². The summed E-state index contributed by atoms with van der Waals surface area (Å²) in [5, 5.41) is 17.9. The van der Waals surface area contributed by atoms with Gasteiger partial charge in [0, 0.05) is 17.7 Å². The summed E-state index contributed by atoms with van der Waals surface area (Å²) in [5.41, 5.74) is 3.36. The quantitative estimate of drug-likeness (QED) is 0.308. The number of para-hydroxylation sites is 1. The number of fused-ring (bicyclic) bond motifs is 1. The van der Waals surface area contributed by atoms with Gasteiger partial charge in [-0.15, -0.1) is 0 Å². The number of H-pyrrole nitrogens is 1. The lowest BCUT2D eigenvalue weighted by molar-refractivity contribution is 0.0741. The molecule has 1 aromatic heterocycles. The minimum Gasteiger partial charge on any atom is -0.507 e. The zero-order valence-corrected chi connectivity index (χ0v) is 20.8. The van der Waals surface area contributed by atoms with Crippen LogP contribution in [0.15, 0.2) is 42.5 Å². The number of unbranched alkanes of at least 4 members (excludes halogenated alkanes) is 4. The molecule has 1 unspecified atom stereocenters. The number of hydrogen-bond acceptors (Lipinski definition) is 5. The maximum atomic E-state index is 13.4. The van der Waals surface area contributed by atoms with Crippen LogP contribution in [0, 0.1) is 0 Å². The Balaban J connectivity index is 1.71. The number of nitrogens with zero attached hydrogens (tertiary/aromatic N) is 2. The van der Waals surface area contributed by atoms with E-state index in [1.54, 1.807) is 19.2 Å². The number of aromatic hydroxyl groups is 1. The number of nitrogens with one attached hydrogen (secondary N) is 1. The normalized spacial score (nSPS) is 14.9. The number of ether oxygens (including phenoxy) is 2. The number of benzene rings is 2. The van der Waals surface area contributed by atoms with Gasteiger partial charge in [0.2, 0.25) is 0 Å². The molecule has 7 heteroatoms. The first-order valence-electron chi connectivity index (χ1n) is 12.6. The number of carbonyl (C=O) groups excluding carboxylic acids is 1. The Morgan fingerprint density at radius 2 is 1.83 bits per heavy atom. The molecule has 35 heavy (non-hydrogen) atoms. The SMILES string of the molecule is CCCCCCOc1ccc(C2c3c(-c4ccccc4O)n[nH]c3C(=O)N2CCCC)cc1OC. The summed E-state index contributed by atoms with van der Waals surface area (Å²) in [5.74, 6) is 1.39. The third-order valence-electron chi connectivity index (χ3n) is 6.53. The first-order valence-corrected chi connectivity index (χ1v) is 12.6. The summed E-state index contributed by atoms with van der Waals surface area (Å²) >= 11 is 0. The third-order valence-corrected chi connectivity index (χ3v) is 6.53. The Kier molecular flexibility index (Phi) is 7.95. The maximum Gasteiger partial charge on any atom is 0.273 e. The first kappa shape index (κ1) is 24.6. The molecule has 2 heterocycles. The van der Waals surface area contributed by atoms with Crippen LogP contribution >= 0.6 is 0 Å². The second-order valence-electron chi connectivity index (χ2n) is 8.95. The summed E-state index contributed by atoms with van der Waals surface area (Å²) in [4.78, 5) is 15.3. The molecule has 0 radical (unpaired) electrons. The van der Waals surface area contributed by atoms with Gasteiger partial charge in [-0.05, 0) is 42.7 Å². The molecule has 0 saturated carbocycles. The molecule has 0 spiro atoms. The van der Waals surface area contributed by atoms with E-state index in [2.05, 4.69) is 24.0 Å². The zero-order chi connectivity index (χ0) is 24.8. The Labute approximate surface area is 207 Å². The number of hydrogen-bond donors (Lipinski definition) is 2. The molecule has 3 aromatic rings. The molecule has 0 aliphatic carbocycles. The second kappa shape index (κ2) is 11.3. The highest BCUT2D eigenvalue weighted by atomic mass is 16.5. The van der Waals surface area contributed by atoms with E-state index < -0.39 is 0 Å². The molecular formula is C28H35N3O4. The fourth-order valence-corrected chi connectivity index (χ4v) is 4.67. The van der Waals surface area contributed by atoms with Gasteiger partial charge in [-0.1, -0.05) is 57.7 Å². The predicted octanol–water partition coefficient (Wildman–Crippen LogP) is 6.10. The molecule has 2 N–H and O–H groups in total. The van der Waals surface area contributed by atoms with Crippen molar-refractivity contribution in [2.24, 2.45) is 0 Å². The lowest BCUT2D eigenvalue weighted by Gasteiger charge is -2.27. The maximum absolute atomic E-state index is 13.4. The lowest BCUT2D eigenvalue weighted by atomic mass is 9.95. The zero-order valence-electron chi connectivity index (χ0n) is 20.8. The number of rotatable bonds is 12. The topological polar surface area (TPSA) is 87.7 Å². The largest absolute Gasteiger partial charge is 0.507 e. The van der Waals surface area contributed by atoms with E-state index in [1.165, 1.54) is 12.8 Å². The molecule has 0 saturated heterocycles. The van der Waals surface area contributed by atoms with Gasteiger partial charge in [0.25, 0.3) is 5.91 Å². The summed E-state index contributed by atoms with van der Waals surface area (Å²) in [6.07, 6.45) is 6.40. The molecule has 2 aromatic carbocycles. The van der Waals surface area contributed by atoms with Gasteiger partial charge in [0.15, 0.2) is 11.5 Å². The molecule has 4 rings (SSSR count). The van der Waals surface area contributed by atoms with Crippen LogP contribution in [-0.4, -0.2) is 46.4 Å². The Bertz CT molecular complexity index is 1160. The summed E-state index contributed by atoms with van der Waals surface area (Å²) in [7, 11) is 1.63. The highest BCUT2D eigenvalue weighted by Gasteiger charge is 2.42. The number of carbonyl (C=O) groups is 1. The Hall–Kier alpha value is -3.48. The van der Waals surface area contributed by atoms with E-state index in [0.29, 0.717) is 41.6 Å². The molecule has 0 fully saturated rings. The van der Waals surface area contributed by atoms with Gasteiger partial charge >= 0.3 is 0 Å². The minimum atomic E-state index is -0.343. The number of phenolic OH excluding ortho intramolecular Hbond substituents is 1. The summed E-state index contributed by atoms with van der Waals surface area (Å²) < 4.78 is 11.7. The van der Waals surface area contributed by atoms with E-state index in [-0.39, 0.29) is 17.7 Å². The first-order chi connectivity index (χ1) is 17.1. The van der Waals surface area contributed by atoms with Crippen LogP contribution in [-0.2, 0) is 0 Å². The van der Waals surface area contributed by atoms with Gasteiger partial charge in [-0.3, -0.25) is 9.89 Å². The molecule has 1 amide bonds. The summed E-state index contributed by atoms with van der Waals surface area (Å²) in [6, 6.07) is 12.6. The van der Waals surface area contributed by atoms with Crippen molar-refractivity contribution in [1.29, 1.82) is 0 Å². The van der Waals surface area contributed by atoms with Crippen molar-refractivity contribution >= 4 is 5.91 Å². The number of phenols is 1. The molecule has 186 valence electrons. The molecule has 0 bridgehead atoms. The van der Waals surface area contributed by atoms with Gasteiger partial charge < -0.3 is 19.5 Å². The Morgan fingerprint density at radius 3 is 2.57 bits per heavy atom. The van der Waals surface area contributed by atoms with E-state index in [0.717, 1.165) is 36.8 Å². The third kappa shape index (κ3) is 4.99. The number of methoxy groups -OCH3 is 1. The van der Waals surface area contributed by atoms with E-state index in [9.17, 15) is 9.90 Å². The van der Waals surface area contributed by atoms with Gasteiger partial charge in [-0.25, -0.2) is 0 Å². The van der Waals surface area contributed by atoms with Crippen molar-refractivity contribution in [3.63, 3.8) is 0 Å². The van der Waals surface area contributed by atoms with Crippen molar-refractivity contribution in [1.82, 2.24) is 15.1 Å². The molecule has 1 aliphatic rings. The van der Waals surface area contributed by atoms with E-state index in [4.69, 9.17) is 9.47 Å². The highest BCUT2D eigenvalue weighted by Crippen LogP contribution is 2.45. The molecule has 1 aliphatic heterocycles. The van der Waals surface area contributed by atoms with Crippen LogP contribution in [0.25, 0.3) is 11.3 Å². The minimum absolute atomic E-state index is 0.0807. The van der Waals surface area contributed by atoms with Crippen LogP contribution in [0.3, 0.4) is 0 Å². The average Bonchev–Trinajstić information content (AvgIpc) is 3.41. The van der Waals surface area contributed by atoms with Crippen molar-refractivity contribution < 1.29 is 19.4 Å². The molecule has 1 atom stereocenters. The van der Waals surface area contributed by atoms with Crippen LogP contribution in [0.2, 0.25) is 0 Å².